The molecule has 2 N–H and O–H groups in total. The normalized spacial score (nSPS) is 22.8. The smallest absolute Gasteiger partial charge is 0.378 e. The molecule has 4 nitrogen and oxygen atoms in total. The minimum atomic E-state index is -4.47. The Labute approximate surface area is 121 Å². The van der Waals surface area contributed by atoms with E-state index in [1.54, 1.807) is 0 Å². The highest BCUT2D eigenvalue weighted by atomic mass is 19.4. The number of amides is 1. The third-order valence-corrected chi connectivity index (χ3v) is 3.70. The van der Waals surface area contributed by atoms with Crippen molar-refractivity contribution in [1.82, 2.24) is 10.3 Å². The van der Waals surface area contributed by atoms with Crippen LogP contribution in [0.5, 0.6) is 0 Å². The van der Waals surface area contributed by atoms with Crippen LogP contribution in [-0.4, -0.2) is 30.1 Å². The van der Waals surface area contributed by atoms with Crippen molar-refractivity contribution in [2.75, 3.05) is 13.2 Å². The van der Waals surface area contributed by atoms with E-state index in [9.17, 15) is 18.0 Å². The van der Waals surface area contributed by atoms with E-state index in [4.69, 9.17) is 4.74 Å². The predicted molar refractivity (Wildman–Crippen MR) is 70.8 cm³/mol. The van der Waals surface area contributed by atoms with Gasteiger partial charge >= 0.3 is 6.18 Å². The van der Waals surface area contributed by atoms with Gasteiger partial charge in [0.25, 0.3) is 5.91 Å². The summed E-state index contributed by atoms with van der Waals surface area (Å²) in [6.07, 6.45) is -2.46. The number of carbonyl (C=O) groups is 1. The van der Waals surface area contributed by atoms with Gasteiger partial charge in [-0.3, -0.25) is 4.79 Å². The molecule has 1 aromatic heterocycles. The third kappa shape index (κ3) is 3.78. The number of ether oxygens (including phenoxy) is 1. The first-order chi connectivity index (χ1) is 9.79. The van der Waals surface area contributed by atoms with Crippen LogP contribution in [0, 0.1) is 11.8 Å². The van der Waals surface area contributed by atoms with Crippen molar-refractivity contribution in [2.24, 2.45) is 11.8 Å². The number of hydrogen-bond donors (Lipinski definition) is 2. The zero-order chi connectivity index (χ0) is 15.6. The SMILES string of the molecule is CC(C)[C@H]1OCC[C@@H]1CNC(=O)c1c[nH]c(C(F)(F)F)c1. The van der Waals surface area contributed by atoms with E-state index in [0.29, 0.717) is 19.1 Å². The highest BCUT2D eigenvalue weighted by Crippen LogP contribution is 2.29. The van der Waals surface area contributed by atoms with Gasteiger partial charge in [-0.25, -0.2) is 0 Å². The first-order valence-corrected chi connectivity index (χ1v) is 6.94. The number of aromatic amines is 1. The Kier molecular flexibility index (Phi) is 4.61. The molecule has 0 saturated carbocycles. The molecule has 1 fully saturated rings. The molecule has 0 unspecified atom stereocenters. The Hall–Kier alpha value is -1.50. The molecular formula is C14H19F3N2O2. The number of halogens is 3. The lowest BCUT2D eigenvalue weighted by atomic mass is 9.93. The van der Waals surface area contributed by atoms with Gasteiger partial charge in [-0.1, -0.05) is 13.8 Å². The van der Waals surface area contributed by atoms with Crippen LogP contribution in [-0.2, 0) is 10.9 Å². The van der Waals surface area contributed by atoms with Gasteiger partial charge in [0, 0.05) is 25.3 Å². The summed E-state index contributed by atoms with van der Waals surface area (Å²) in [7, 11) is 0. The van der Waals surface area contributed by atoms with E-state index in [0.717, 1.165) is 18.7 Å². The van der Waals surface area contributed by atoms with Crippen molar-refractivity contribution in [3.05, 3.63) is 23.5 Å². The largest absolute Gasteiger partial charge is 0.431 e. The molecule has 0 spiro atoms. The Morgan fingerprint density at radius 3 is 2.81 bits per heavy atom. The maximum atomic E-state index is 12.5. The summed E-state index contributed by atoms with van der Waals surface area (Å²) in [5, 5.41) is 2.68. The van der Waals surface area contributed by atoms with Gasteiger partial charge in [0.1, 0.15) is 5.69 Å². The van der Waals surface area contributed by atoms with Crippen LogP contribution in [0.2, 0.25) is 0 Å². The fraction of sp³-hybridized carbons (Fsp3) is 0.643. The van der Waals surface area contributed by atoms with E-state index < -0.39 is 17.8 Å². The molecule has 1 amide bonds. The second-order valence-electron chi connectivity index (χ2n) is 5.64. The molecule has 0 aliphatic carbocycles. The second kappa shape index (κ2) is 6.09. The molecule has 1 aliphatic rings. The maximum Gasteiger partial charge on any atom is 0.431 e. The first-order valence-electron chi connectivity index (χ1n) is 6.94. The van der Waals surface area contributed by atoms with Gasteiger partial charge in [-0.15, -0.1) is 0 Å². The van der Waals surface area contributed by atoms with Crippen LogP contribution < -0.4 is 5.32 Å². The van der Waals surface area contributed by atoms with E-state index in [1.807, 2.05) is 13.8 Å². The van der Waals surface area contributed by atoms with Crippen molar-refractivity contribution in [3.63, 3.8) is 0 Å². The lowest BCUT2D eigenvalue weighted by Gasteiger charge is -2.22. The molecule has 0 bridgehead atoms. The van der Waals surface area contributed by atoms with Crippen LogP contribution in [0.1, 0.15) is 36.3 Å². The predicted octanol–water partition coefficient (Wildman–Crippen LogP) is 2.82. The lowest BCUT2D eigenvalue weighted by molar-refractivity contribution is -0.140. The molecule has 0 aromatic carbocycles. The molecule has 2 heterocycles. The summed E-state index contributed by atoms with van der Waals surface area (Å²) in [5.74, 6) is 0.0460. The van der Waals surface area contributed by atoms with Crippen LogP contribution in [0.3, 0.4) is 0 Å². The minimum absolute atomic E-state index is 0.0117. The molecule has 1 aliphatic heterocycles. The molecule has 21 heavy (non-hydrogen) atoms. The summed E-state index contributed by atoms with van der Waals surface area (Å²) in [6, 6.07) is 0.820. The molecule has 1 saturated heterocycles. The number of H-pyrrole nitrogens is 1. The maximum absolute atomic E-state index is 12.5. The second-order valence-corrected chi connectivity index (χ2v) is 5.64. The molecule has 2 rings (SSSR count). The monoisotopic (exact) mass is 304 g/mol. The number of alkyl halides is 3. The Morgan fingerprint density at radius 1 is 1.52 bits per heavy atom. The van der Waals surface area contributed by atoms with Crippen molar-refractivity contribution in [3.8, 4) is 0 Å². The van der Waals surface area contributed by atoms with Crippen LogP contribution in [0.25, 0.3) is 0 Å². The quantitative estimate of drug-likeness (QED) is 0.898. The third-order valence-electron chi connectivity index (χ3n) is 3.70. The zero-order valence-electron chi connectivity index (χ0n) is 12.0. The fourth-order valence-corrected chi connectivity index (χ4v) is 2.63. The van der Waals surface area contributed by atoms with Crippen molar-refractivity contribution >= 4 is 5.91 Å². The van der Waals surface area contributed by atoms with Gasteiger partial charge in [-0.05, 0) is 18.4 Å². The Bertz CT molecular complexity index is 497. The summed E-state index contributed by atoms with van der Waals surface area (Å²) in [6.45, 7) is 5.17. The lowest BCUT2D eigenvalue weighted by Crippen LogP contribution is -2.34. The summed E-state index contributed by atoms with van der Waals surface area (Å²) in [5.41, 5.74) is -0.931. The Morgan fingerprint density at radius 2 is 2.24 bits per heavy atom. The number of carbonyl (C=O) groups excluding carboxylic acids is 1. The highest BCUT2D eigenvalue weighted by molar-refractivity contribution is 5.94. The molecular weight excluding hydrogens is 285 g/mol. The van der Waals surface area contributed by atoms with E-state index in [1.165, 1.54) is 0 Å². The van der Waals surface area contributed by atoms with Crippen molar-refractivity contribution in [1.29, 1.82) is 0 Å². The van der Waals surface area contributed by atoms with Crippen molar-refractivity contribution in [2.45, 2.75) is 32.5 Å². The topological polar surface area (TPSA) is 54.1 Å². The standard InChI is InChI=1S/C14H19F3N2O2/c1-8(2)12-9(3-4-21-12)6-19-13(20)10-5-11(18-7-10)14(15,16)17/h5,7-9,12,18H,3-4,6H2,1-2H3,(H,19,20)/t9-,12-/m1/s1. The van der Waals surface area contributed by atoms with E-state index in [-0.39, 0.29) is 17.6 Å². The number of rotatable bonds is 4. The van der Waals surface area contributed by atoms with Crippen molar-refractivity contribution < 1.29 is 22.7 Å². The van der Waals surface area contributed by atoms with Gasteiger partial charge in [-0.2, -0.15) is 13.2 Å². The first kappa shape index (κ1) is 15.9. The van der Waals surface area contributed by atoms with Gasteiger partial charge in [0.05, 0.1) is 11.7 Å². The molecule has 2 atom stereocenters. The van der Waals surface area contributed by atoms with Crippen LogP contribution in [0.15, 0.2) is 12.3 Å². The van der Waals surface area contributed by atoms with Gasteiger partial charge in [0.2, 0.25) is 0 Å². The zero-order valence-corrected chi connectivity index (χ0v) is 12.0. The Balaban J connectivity index is 1.91. The van der Waals surface area contributed by atoms with E-state index >= 15 is 0 Å². The van der Waals surface area contributed by atoms with Gasteiger partial charge < -0.3 is 15.0 Å². The minimum Gasteiger partial charge on any atom is -0.378 e. The number of aromatic nitrogens is 1. The molecule has 7 heteroatoms. The number of nitrogens with one attached hydrogen (secondary N) is 2. The molecule has 1 aromatic rings. The van der Waals surface area contributed by atoms with Crippen LogP contribution in [0.4, 0.5) is 13.2 Å². The average molecular weight is 304 g/mol. The van der Waals surface area contributed by atoms with E-state index in [2.05, 4.69) is 10.3 Å². The molecule has 0 radical (unpaired) electrons. The highest BCUT2D eigenvalue weighted by Gasteiger charge is 2.33. The average Bonchev–Trinajstić information content (AvgIpc) is 3.03. The summed E-state index contributed by atoms with van der Waals surface area (Å²) in [4.78, 5) is 13.9. The fourth-order valence-electron chi connectivity index (χ4n) is 2.63. The van der Waals surface area contributed by atoms with Gasteiger partial charge in [0.15, 0.2) is 0 Å². The molecule has 118 valence electrons. The summed E-state index contributed by atoms with van der Waals surface area (Å²) < 4.78 is 43.0. The number of hydrogen-bond acceptors (Lipinski definition) is 2. The van der Waals surface area contributed by atoms with Crippen LogP contribution >= 0.6 is 0 Å². The summed E-state index contributed by atoms with van der Waals surface area (Å²) >= 11 is 0.